The van der Waals surface area contributed by atoms with Crippen LogP contribution in [0.5, 0.6) is 5.75 Å². The Morgan fingerprint density at radius 3 is 2.28 bits per heavy atom. The van der Waals surface area contributed by atoms with Crippen molar-refractivity contribution in [2.24, 2.45) is 0 Å². The molecule has 0 aliphatic carbocycles. The number of hydrogen-bond donors (Lipinski definition) is 1. The summed E-state index contributed by atoms with van der Waals surface area (Å²) in [4.78, 5) is 15.0. The number of fused-ring (bicyclic) bond motifs is 1. The fourth-order valence-electron chi connectivity index (χ4n) is 3.60. The minimum atomic E-state index is -4.72. The van der Waals surface area contributed by atoms with E-state index in [0.717, 1.165) is 33.3 Å². The highest BCUT2D eigenvalue weighted by atomic mass is 19.4. The maximum atomic E-state index is 12.4. The lowest BCUT2D eigenvalue weighted by molar-refractivity contribution is -0.274. The fraction of sp³-hybridized carbons (Fsp3) is 0.160. The molecule has 32 heavy (non-hydrogen) atoms. The summed E-state index contributed by atoms with van der Waals surface area (Å²) in [6, 6.07) is 23.1. The topological polar surface area (TPSA) is 51.3 Å². The van der Waals surface area contributed by atoms with Crippen LogP contribution < -0.4 is 4.74 Å². The Balaban J connectivity index is 1.60. The number of carbonyl (C=O) groups is 1. The number of aromatic nitrogens is 1. The third kappa shape index (κ3) is 5.29. The quantitative estimate of drug-likeness (QED) is 0.345. The van der Waals surface area contributed by atoms with E-state index in [-0.39, 0.29) is 11.7 Å². The van der Waals surface area contributed by atoms with Gasteiger partial charge in [-0.1, -0.05) is 48.5 Å². The SMILES string of the molecule is CC(=O)O[C@H](Cc1ccccc1)c1cc2cc(-c3ccc(OC(F)(F)F)cc3)ccc2[nH]1. The highest BCUT2D eigenvalue weighted by molar-refractivity contribution is 5.86. The molecule has 1 heterocycles. The van der Waals surface area contributed by atoms with Gasteiger partial charge in [0.05, 0.1) is 5.69 Å². The average Bonchev–Trinajstić information content (AvgIpc) is 3.16. The molecule has 0 amide bonds. The normalized spacial score (nSPS) is 12.5. The van der Waals surface area contributed by atoms with Crippen LogP contribution in [0, 0.1) is 0 Å². The van der Waals surface area contributed by atoms with E-state index >= 15 is 0 Å². The minimum absolute atomic E-state index is 0.267. The number of hydrogen-bond acceptors (Lipinski definition) is 3. The number of esters is 1. The van der Waals surface area contributed by atoms with Crippen LogP contribution in [-0.2, 0) is 16.0 Å². The van der Waals surface area contributed by atoms with Crippen molar-refractivity contribution in [3.05, 3.63) is 90.1 Å². The van der Waals surface area contributed by atoms with Crippen molar-refractivity contribution in [2.45, 2.75) is 25.8 Å². The van der Waals surface area contributed by atoms with Crippen molar-refractivity contribution in [3.8, 4) is 16.9 Å². The third-order valence-electron chi connectivity index (χ3n) is 4.98. The Bertz CT molecular complexity index is 1210. The van der Waals surface area contributed by atoms with Gasteiger partial charge in [-0.2, -0.15) is 0 Å². The average molecular weight is 439 g/mol. The molecule has 0 aliphatic heterocycles. The molecule has 0 radical (unpaired) electrons. The van der Waals surface area contributed by atoms with Crippen molar-refractivity contribution < 1.29 is 27.4 Å². The number of benzene rings is 3. The van der Waals surface area contributed by atoms with Crippen LogP contribution in [0.4, 0.5) is 13.2 Å². The highest BCUT2D eigenvalue weighted by Crippen LogP contribution is 2.31. The standard InChI is InChI=1S/C25H20F3NO3/c1-16(30)31-24(13-17-5-3-2-4-6-17)23-15-20-14-19(9-12-22(20)29-23)18-7-10-21(11-8-18)32-25(26,27)28/h2-12,14-15,24,29H,13H2,1H3/t24-/m1/s1. The van der Waals surface area contributed by atoms with E-state index in [2.05, 4.69) is 9.72 Å². The van der Waals surface area contributed by atoms with E-state index < -0.39 is 12.5 Å². The summed E-state index contributed by atoms with van der Waals surface area (Å²) >= 11 is 0. The molecule has 0 aliphatic rings. The predicted octanol–water partition coefficient (Wildman–Crippen LogP) is 6.58. The number of aromatic amines is 1. The molecule has 0 saturated carbocycles. The van der Waals surface area contributed by atoms with Crippen molar-refractivity contribution in [1.82, 2.24) is 4.98 Å². The summed E-state index contributed by atoms with van der Waals surface area (Å²) in [5, 5.41) is 0.901. The molecule has 0 saturated heterocycles. The van der Waals surface area contributed by atoms with Gasteiger partial charge in [-0.05, 0) is 47.0 Å². The number of nitrogens with one attached hydrogen (secondary N) is 1. The Morgan fingerprint density at radius 2 is 1.62 bits per heavy atom. The summed E-state index contributed by atoms with van der Waals surface area (Å²) in [6.45, 7) is 1.38. The Morgan fingerprint density at radius 1 is 0.938 bits per heavy atom. The van der Waals surface area contributed by atoms with E-state index in [0.29, 0.717) is 6.42 Å². The van der Waals surface area contributed by atoms with Gasteiger partial charge in [-0.25, -0.2) is 0 Å². The van der Waals surface area contributed by atoms with Gasteiger partial charge < -0.3 is 14.5 Å². The zero-order chi connectivity index (χ0) is 22.7. The van der Waals surface area contributed by atoms with Crippen molar-refractivity contribution in [3.63, 3.8) is 0 Å². The first-order valence-electron chi connectivity index (χ1n) is 9.97. The third-order valence-corrected chi connectivity index (χ3v) is 4.98. The fourth-order valence-corrected chi connectivity index (χ4v) is 3.60. The molecule has 164 valence electrons. The lowest BCUT2D eigenvalue weighted by Crippen LogP contribution is -2.16. The Labute approximate surface area is 182 Å². The van der Waals surface area contributed by atoms with E-state index in [1.807, 2.05) is 54.6 Å². The van der Waals surface area contributed by atoms with Crippen LogP contribution in [0.15, 0.2) is 78.9 Å². The van der Waals surface area contributed by atoms with Gasteiger partial charge in [0.15, 0.2) is 0 Å². The second kappa shape index (κ2) is 8.78. The van der Waals surface area contributed by atoms with Crippen LogP contribution in [-0.4, -0.2) is 17.3 Å². The van der Waals surface area contributed by atoms with Gasteiger partial charge >= 0.3 is 12.3 Å². The molecule has 0 fully saturated rings. The smallest absolute Gasteiger partial charge is 0.456 e. The first-order chi connectivity index (χ1) is 15.3. The van der Waals surface area contributed by atoms with Crippen LogP contribution in [0.1, 0.15) is 24.3 Å². The van der Waals surface area contributed by atoms with Gasteiger partial charge in [0.25, 0.3) is 0 Å². The van der Waals surface area contributed by atoms with Crippen molar-refractivity contribution >= 4 is 16.9 Å². The van der Waals surface area contributed by atoms with Crippen LogP contribution in [0.25, 0.3) is 22.0 Å². The van der Waals surface area contributed by atoms with Crippen molar-refractivity contribution in [1.29, 1.82) is 0 Å². The van der Waals surface area contributed by atoms with E-state index in [1.165, 1.54) is 19.1 Å². The molecule has 1 aromatic heterocycles. The number of rotatable bonds is 6. The Hall–Kier alpha value is -3.74. The first kappa shape index (κ1) is 21.5. The van der Waals surface area contributed by atoms with Crippen LogP contribution in [0.2, 0.25) is 0 Å². The molecule has 4 rings (SSSR count). The summed E-state index contributed by atoms with van der Waals surface area (Å²) in [7, 11) is 0. The lowest BCUT2D eigenvalue weighted by Gasteiger charge is -2.16. The van der Waals surface area contributed by atoms with Crippen LogP contribution >= 0.6 is 0 Å². The molecule has 0 bridgehead atoms. The number of H-pyrrole nitrogens is 1. The van der Waals surface area contributed by atoms with Gasteiger partial charge in [-0.15, -0.1) is 13.2 Å². The lowest BCUT2D eigenvalue weighted by atomic mass is 10.0. The van der Waals surface area contributed by atoms with Crippen LogP contribution in [0.3, 0.4) is 0 Å². The zero-order valence-electron chi connectivity index (χ0n) is 17.1. The van der Waals surface area contributed by atoms with E-state index in [9.17, 15) is 18.0 Å². The second-order valence-electron chi connectivity index (χ2n) is 7.39. The van der Waals surface area contributed by atoms with Gasteiger partial charge in [0.1, 0.15) is 11.9 Å². The Kier molecular flexibility index (Phi) is 5.90. The molecule has 1 atom stereocenters. The summed E-state index contributed by atoms with van der Waals surface area (Å²) < 4.78 is 46.6. The molecular formula is C25H20F3NO3. The van der Waals surface area contributed by atoms with Gasteiger partial charge in [0.2, 0.25) is 0 Å². The number of alkyl halides is 3. The summed E-state index contributed by atoms with van der Waals surface area (Å²) in [6.07, 6.45) is -4.66. The predicted molar refractivity (Wildman–Crippen MR) is 115 cm³/mol. The number of halogens is 3. The summed E-state index contributed by atoms with van der Waals surface area (Å²) in [5.74, 6) is -0.636. The first-order valence-corrected chi connectivity index (χ1v) is 9.97. The maximum absolute atomic E-state index is 12.4. The number of carbonyl (C=O) groups excluding carboxylic acids is 1. The molecule has 1 N–H and O–H groups in total. The molecule has 3 aromatic carbocycles. The van der Waals surface area contributed by atoms with E-state index in [4.69, 9.17) is 4.74 Å². The molecule has 4 nitrogen and oxygen atoms in total. The van der Waals surface area contributed by atoms with Gasteiger partial charge in [0, 0.05) is 24.2 Å². The maximum Gasteiger partial charge on any atom is 0.573 e. The molecule has 4 aromatic rings. The number of ether oxygens (including phenoxy) is 2. The molecular weight excluding hydrogens is 419 g/mol. The monoisotopic (exact) mass is 439 g/mol. The second-order valence-corrected chi connectivity index (χ2v) is 7.39. The van der Waals surface area contributed by atoms with Crippen molar-refractivity contribution in [2.75, 3.05) is 0 Å². The van der Waals surface area contributed by atoms with E-state index in [1.54, 1.807) is 12.1 Å². The summed E-state index contributed by atoms with van der Waals surface area (Å²) in [5.41, 5.74) is 4.27. The zero-order valence-corrected chi connectivity index (χ0v) is 17.1. The minimum Gasteiger partial charge on any atom is -0.456 e. The molecule has 0 unspecified atom stereocenters. The largest absolute Gasteiger partial charge is 0.573 e. The van der Waals surface area contributed by atoms with Gasteiger partial charge in [-0.3, -0.25) is 4.79 Å². The highest BCUT2D eigenvalue weighted by Gasteiger charge is 2.31. The molecule has 0 spiro atoms. The molecule has 7 heteroatoms.